The van der Waals surface area contributed by atoms with E-state index in [1.807, 2.05) is 91.8 Å². The van der Waals surface area contributed by atoms with E-state index in [1.165, 1.54) is 27.6 Å². The molecule has 1 aliphatic rings. The first kappa shape index (κ1) is 36.5. The summed E-state index contributed by atoms with van der Waals surface area (Å²) >= 11 is 0. The molecule has 1 N–H and O–H groups in total. The van der Waals surface area contributed by atoms with Crippen LogP contribution in [0.1, 0.15) is 66.5 Å². The first-order chi connectivity index (χ1) is 18.8. The van der Waals surface area contributed by atoms with Crippen molar-refractivity contribution < 1.29 is 5.11 Å². The zero-order chi connectivity index (χ0) is 29.2. The second kappa shape index (κ2) is 25.0. The first-order valence-corrected chi connectivity index (χ1v) is 13.8. The van der Waals surface area contributed by atoms with Gasteiger partial charge in [0.15, 0.2) is 0 Å². The molecule has 0 amide bonds. The Balaban J connectivity index is 0. The molecule has 5 rings (SSSR count). The van der Waals surface area contributed by atoms with Gasteiger partial charge in [0.1, 0.15) is 0 Å². The third-order valence-electron chi connectivity index (χ3n) is 4.69. The van der Waals surface area contributed by atoms with Gasteiger partial charge in [-0.2, -0.15) is 10.2 Å². The number of hydrogen-bond acceptors (Lipinski definition) is 4. The Kier molecular flexibility index (Phi) is 24.1. The lowest BCUT2D eigenvalue weighted by Gasteiger charge is -2.03. The van der Waals surface area contributed by atoms with Crippen molar-refractivity contribution in [3.8, 4) is 0 Å². The Hall–Kier alpha value is -3.63. The minimum atomic E-state index is 0.903. The summed E-state index contributed by atoms with van der Waals surface area (Å²) in [7, 11) is 2.66. The largest absolute Gasteiger partial charge is 0.400 e. The molecule has 0 fully saturated rings. The molecule has 0 spiro atoms. The van der Waals surface area contributed by atoms with Gasteiger partial charge in [0.05, 0.1) is 17.1 Å². The Labute approximate surface area is 232 Å². The highest BCUT2D eigenvalue weighted by atomic mass is 16.2. The van der Waals surface area contributed by atoms with Gasteiger partial charge >= 0.3 is 0 Å². The SMILES string of the molecule is CC.CC.CC.CC.CN=Nc1ccccc1.CO.c1ccc(C2=Nc3ccc4ccccc4c3C2)cc1. The van der Waals surface area contributed by atoms with Gasteiger partial charge in [0.25, 0.3) is 0 Å². The number of rotatable bonds is 2. The van der Waals surface area contributed by atoms with Gasteiger partial charge in [0.2, 0.25) is 0 Å². The molecular formula is C34H49N3O. The summed E-state index contributed by atoms with van der Waals surface area (Å²) in [5, 5.41) is 17.1. The van der Waals surface area contributed by atoms with E-state index in [0.717, 1.165) is 24.9 Å². The molecule has 0 radical (unpaired) electrons. The topological polar surface area (TPSA) is 57.3 Å². The second-order valence-electron chi connectivity index (χ2n) is 6.52. The highest BCUT2D eigenvalue weighted by molar-refractivity contribution is 6.09. The second-order valence-corrected chi connectivity index (χ2v) is 6.52. The maximum Gasteiger partial charge on any atom is 0.0852 e. The summed E-state index contributed by atoms with van der Waals surface area (Å²) in [6.07, 6.45) is 0.931. The maximum absolute atomic E-state index is 7.00. The van der Waals surface area contributed by atoms with Crippen LogP contribution in [0.5, 0.6) is 0 Å². The van der Waals surface area contributed by atoms with Crippen molar-refractivity contribution in [1.29, 1.82) is 0 Å². The highest BCUT2D eigenvalue weighted by Gasteiger charge is 2.17. The van der Waals surface area contributed by atoms with Crippen LogP contribution in [0.25, 0.3) is 10.8 Å². The van der Waals surface area contributed by atoms with E-state index in [9.17, 15) is 0 Å². The quantitative estimate of drug-likeness (QED) is 0.265. The number of benzene rings is 4. The molecule has 1 aliphatic heterocycles. The lowest BCUT2D eigenvalue weighted by Crippen LogP contribution is -1.99. The van der Waals surface area contributed by atoms with Crippen molar-refractivity contribution in [3.05, 3.63) is 108 Å². The predicted octanol–water partition coefficient (Wildman–Crippen LogP) is 10.6. The summed E-state index contributed by atoms with van der Waals surface area (Å²) in [6.45, 7) is 16.0. The Morgan fingerprint density at radius 2 is 1.11 bits per heavy atom. The van der Waals surface area contributed by atoms with Crippen molar-refractivity contribution in [2.75, 3.05) is 14.2 Å². The molecule has 4 nitrogen and oxygen atoms in total. The van der Waals surface area contributed by atoms with Crippen molar-refractivity contribution in [2.45, 2.75) is 61.8 Å². The lowest BCUT2D eigenvalue weighted by atomic mass is 9.99. The maximum atomic E-state index is 7.00. The van der Waals surface area contributed by atoms with Gasteiger partial charge in [-0.05, 0) is 40.1 Å². The highest BCUT2D eigenvalue weighted by Crippen LogP contribution is 2.34. The van der Waals surface area contributed by atoms with Crippen LogP contribution in [0.2, 0.25) is 0 Å². The molecule has 0 bridgehead atoms. The average molecular weight is 516 g/mol. The predicted molar refractivity (Wildman–Crippen MR) is 171 cm³/mol. The van der Waals surface area contributed by atoms with Crippen molar-refractivity contribution in [1.82, 2.24) is 0 Å². The fourth-order valence-corrected chi connectivity index (χ4v) is 3.37. The van der Waals surface area contributed by atoms with E-state index in [2.05, 4.69) is 70.9 Å². The molecule has 206 valence electrons. The minimum Gasteiger partial charge on any atom is -0.400 e. The van der Waals surface area contributed by atoms with Gasteiger partial charge in [-0.25, -0.2) is 0 Å². The summed E-state index contributed by atoms with van der Waals surface area (Å²) in [5.74, 6) is 0. The third-order valence-corrected chi connectivity index (χ3v) is 4.69. The van der Waals surface area contributed by atoms with E-state index in [4.69, 9.17) is 10.1 Å². The Morgan fingerprint density at radius 3 is 1.66 bits per heavy atom. The summed E-state index contributed by atoms with van der Waals surface area (Å²) < 4.78 is 0. The molecule has 0 aliphatic carbocycles. The van der Waals surface area contributed by atoms with Crippen LogP contribution in [0.3, 0.4) is 0 Å². The number of aliphatic imine (C=N–C) groups is 1. The first-order valence-electron chi connectivity index (χ1n) is 13.8. The number of aliphatic hydroxyl groups excluding tert-OH is 1. The molecule has 0 aromatic heterocycles. The number of fused-ring (bicyclic) bond motifs is 3. The van der Waals surface area contributed by atoms with E-state index in [-0.39, 0.29) is 0 Å². The van der Waals surface area contributed by atoms with Crippen LogP contribution in [-0.4, -0.2) is 25.0 Å². The molecule has 0 atom stereocenters. The average Bonchev–Trinajstić information content (AvgIpc) is 3.49. The van der Waals surface area contributed by atoms with Gasteiger partial charge in [-0.15, -0.1) is 0 Å². The van der Waals surface area contributed by atoms with Crippen LogP contribution in [-0.2, 0) is 6.42 Å². The van der Waals surface area contributed by atoms with Gasteiger partial charge in [0, 0.05) is 20.6 Å². The Morgan fingerprint density at radius 1 is 0.605 bits per heavy atom. The summed E-state index contributed by atoms with van der Waals surface area (Å²) in [6, 6.07) is 32.9. The summed E-state index contributed by atoms with van der Waals surface area (Å²) in [4.78, 5) is 4.79. The van der Waals surface area contributed by atoms with E-state index >= 15 is 0 Å². The van der Waals surface area contributed by atoms with Crippen LogP contribution < -0.4 is 0 Å². The van der Waals surface area contributed by atoms with Crippen molar-refractivity contribution in [2.24, 2.45) is 15.2 Å². The van der Waals surface area contributed by atoms with E-state index in [1.54, 1.807) is 7.05 Å². The number of azo groups is 1. The number of nitrogens with zero attached hydrogens (tertiary/aromatic N) is 3. The van der Waals surface area contributed by atoms with Crippen molar-refractivity contribution in [3.63, 3.8) is 0 Å². The van der Waals surface area contributed by atoms with Crippen LogP contribution in [0.4, 0.5) is 11.4 Å². The van der Waals surface area contributed by atoms with Crippen molar-refractivity contribution >= 4 is 27.9 Å². The van der Waals surface area contributed by atoms with Gasteiger partial charge in [-0.1, -0.05) is 134 Å². The number of aliphatic hydroxyl groups is 1. The molecule has 0 unspecified atom stereocenters. The molecule has 1 heterocycles. The standard InChI is InChI=1S/C18H13N.C7H8N2.4C2H6.CH4O/c1-2-7-14(8-3-1)18-12-16-15-9-5-4-6-13(15)10-11-17(16)19-18;1-8-9-7-5-3-2-4-6-7;5*1-2/h1-11H,12H2;2-6H,1H3;4*1-2H3;2H,1H3. The van der Waals surface area contributed by atoms with Gasteiger partial charge in [-0.3, -0.25) is 4.99 Å². The normalized spacial score (nSPS) is 9.92. The summed E-state index contributed by atoms with van der Waals surface area (Å²) in [5.41, 5.74) is 5.78. The molecular weight excluding hydrogens is 466 g/mol. The van der Waals surface area contributed by atoms with Crippen LogP contribution in [0.15, 0.2) is 112 Å². The fraction of sp³-hybridized carbons (Fsp3) is 0.324. The molecule has 0 saturated carbocycles. The molecule has 4 aromatic carbocycles. The zero-order valence-electron chi connectivity index (χ0n) is 25.2. The van der Waals surface area contributed by atoms with Crippen LogP contribution in [0, 0.1) is 0 Å². The molecule has 0 saturated heterocycles. The monoisotopic (exact) mass is 515 g/mol. The van der Waals surface area contributed by atoms with Crippen LogP contribution >= 0.6 is 0 Å². The third kappa shape index (κ3) is 12.1. The zero-order valence-corrected chi connectivity index (χ0v) is 25.2. The molecule has 4 aromatic rings. The fourth-order valence-electron chi connectivity index (χ4n) is 3.37. The smallest absolute Gasteiger partial charge is 0.0852 e. The van der Waals surface area contributed by atoms with E-state index in [0.29, 0.717) is 0 Å². The lowest BCUT2D eigenvalue weighted by molar-refractivity contribution is 0.399. The minimum absolute atomic E-state index is 0.903. The number of hydrogen-bond donors (Lipinski definition) is 1. The van der Waals surface area contributed by atoms with Gasteiger partial charge < -0.3 is 5.11 Å². The Bertz CT molecular complexity index is 1140. The van der Waals surface area contributed by atoms with E-state index < -0.39 is 0 Å². The molecule has 4 heteroatoms. The molecule has 38 heavy (non-hydrogen) atoms.